The predicted molar refractivity (Wildman–Crippen MR) is 49.7 cm³/mol. The zero-order valence-electron chi connectivity index (χ0n) is 6.99. The van der Waals surface area contributed by atoms with Crippen LogP contribution in [0.3, 0.4) is 0 Å². The number of halogens is 3. The van der Waals surface area contributed by atoms with E-state index in [0.29, 0.717) is 11.0 Å². The van der Waals surface area contributed by atoms with Gasteiger partial charge in [-0.15, -0.1) is 0 Å². The fraction of sp³-hybridized carbons (Fsp3) is 0.111. The Morgan fingerprint density at radius 2 is 1.71 bits per heavy atom. The van der Waals surface area contributed by atoms with Gasteiger partial charge in [0.15, 0.2) is 10.8 Å². The molecule has 0 N–H and O–H groups in total. The summed E-state index contributed by atoms with van der Waals surface area (Å²) in [6.07, 6.45) is 1.18. The highest BCUT2D eigenvalue weighted by molar-refractivity contribution is 7.89. The van der Waals surface area contributed by atoms with Crippen LogP contribution in [0.25, 0.3) is 6.08 Å². The van der Waals surface area contributed by atoms with Crippen LogP contribution in [-0.4, -0.2) is 9.72 Å². The van der Waals surface area contributed by atoms with Crippen molar-refractivity contribution in [2.75, 3.05) is 0 Å². The first-order valence-corrected chi connectivity index (χ1v) is 4.92. The second kappa shape index (κ2) is 4.41. The largest absolute Gasteiger partial charge is 0.475 e. The Labute approximate surface area is 81.7 Å². The molecule has 0 heterocycles. The summed E-state index contributed by atoms with van der Waals surface area (Å²) in [6.45, 7) is 0. The Balaban J connectivity index is 2.71. The summed E-state index contributed by atoms with van der Waals surface area (Å²) in [5.74, 6) is 0. The average Bonchev–Trinajstić information content (AvgIpc) is 2.14. The second-order valence-corrected chi connectivity index (χ2v) is 3.79. The van der Waals surface area contributed by atoms with Gasteiger partial charge in [0.25, 0.3) is 0 Å². The maximum atomic E-state index is 11.8. The predicted octanol–water partition coefficient (Wildman–Crippen LogP) is 2.93. The summed E-state index contributed by atoms with van der Waals surface area (Å²) in [5, 5.41) is 0.634. The molecule has 1 nitrogen and oxygen atoms in total. The van der Waals surface area contributed by atoms with E-state index in [-0.39, 0.29) is 0 Å². The molecular weight excluding hydrogens is 213 g/mol. The maximum absolute atomic E-state index is 11.8. The molecule has 1 aromatic rings. The third-order valence-corrected chi connectivity index (χ3v) is 2.25. The van der Waals surface area contributed by atoms with Crippen molar-refractivity contribution in [2.45, 2.75) is 5.51 Å². The lowest BCUT2D eigenvalue weighted by Gasteiger charge is -1.99. The molecule has 0 fully saturated rings. The molecule has 14 heavy (non-hydrogen) atoms. The fourth-order valence-corrected chi connectivity index (χ4v) is 1.22. The molecule has 1 aromatic carbocycles. The molecule has 1 atom stereocenters. The molecule has 0 aromatic heterocycles. The molecule has 1 unspecified atom stereocenters. The van der Waals surface area contributed by atoms with E-state index in [9.17, 15) is 17.4 Å². The van der Waals surface area contributed by atoms with Gasteiger partial charge in [0.1, 0.15) is 0 Å². The molecule has 1 rings (SSSR count). The van der Waals surface area contributed by atoms with Gasteiger partial charge < -0.3 is 0 Å². The molecule has 0 radical (unpaired) electrons. The van der Waals surface area contributed by atoms with Crippen LogP contribution in [0.1, 0.15) is 5.56 Å². The molecule has 0 aliphatic rings. The summed E-state index contributed by atoms with van der Waals surface area (Å²) in [6, 6.07) is 8.39. The molecule has 0 saturated heterocycles. The van der Waals surface area contributed by atoms with Crippen molar-refractivity contribution >= 4 is 16.9 Å². The molecule has 0 saturated carbocycles. The lowest BCUT2D eigenvalue weighted by molar-refractivity contribution is -0.0374. The Kier molecular flexibility index (Phi) is 3.46. The highest BCUT2D eigenvalue weighted by Gasteiger charge is 2.34. The first-order valence-electron chi connectivity index (χ1n) is 3.71. The van der Waals surface area contributed by atoms with Crippen LogP contribution in [0, 0.1) is 0 Å². The number of rotatable bonds is 2. The maximum Gasteiger partial charge on any atom is 0.475 e. The normalized spacial score (nSPS) is 14.5. The second-order valence-electron chi connectivity index (χ2n) is 2.46. The van der Waals surface area contributed by atoms with Crippen LogP contribution >= 0.6 is 0 Å². The Morgan fingerprint density at radius 1 is 1.14 bits per heavy atom. The topological polar surface area (TPSA) is 17.1 Å². The van der Waals surface area contributed by atoms with Crippen LogP contribution in [0.15, 0.2) is 35.7 Å². The number of benzene rings is 1. The van der Waals surface area contributed by atoms with Crippen LogP contribution in [0.2, 0.25) is 0 Å². The minimum atomic E-state index is -4.68. The van der Waals surface area contributed by atoms with Crippen molar-refractivity contribution in [2.24, 2.45) is 0 Å². The third-order valence-electron chi connectivity index (χ3n) is 1.41. The summed E-state index contributed by atoms with van der Waals surface area (Å²) < 4.78 is 45.9. The third kappa shape index (κ3) is 3.33. The molecule has 0 aliphatic heterocycles. The zero-order valence-corrected chi connectivity index (χ0v) is 7.81. The molecule has 0 bridgehead atoms. The fourth-order valence-electron chi connectivity index (χ4n) is 0.782. The van der Waals surface area contributed by atoms with Gasteiger partial charge >= 0.3 is 5.51 Å². The Bertz CT molecular complexity index is 343. The molecule has 0 amide bonds. The van der Waals surface area contributed by atoms with Gasteiger partial charge in [-0.2, -0.15) is 13.2 Å². The summed E-state index contributed by atoms with van der Waals surface area (Å²) in [7, 11) is -2.92. The van der Waals surface area contributed by atoms with Crippen molar-refractivity contribution in [3.8, 4) is 0 Å². The minimum absolute atomic E-state index is 0.588. The van der Waals surface area contributed by atoms with Crippen LogP contribution < -0.4 is 0 Å². The van der Waals surface area contributed by atoms with Crippen molar-refractivity contribution in [3.63, 3.8) is 0 Å². The van der Waals surface area contributed by atoms with Crippen LogP contribution in [0.5, 0.6) is 0 Å². The summed E-state index contributed by atoms with van der Waals surface area (Å²) >= 11 is 0. The smallest absolute Gasteiger partial charge is 0.246 e. The van der Waals surface area contributed by atoms with E-state index < -0.39 is 16.3 Å². The van der Waals surface area contributed by atoms with E-state index in [1.165, 1.54) is 6.08 Å². The van der Waals surface area contributed by atoms with E-state index in [0.717, 1.165) is 0 Å². The molecule has 0 aliphatic carbocycles. The number of hydrogen-bond acceptors (Lipinski definition) is 1. The van der Waals surface area contributed by atoms with Crippen molar-refractivity contribution in [3.05, 3.63) is 41.3 Å². The van der Waals surface area contributed by atoms with E-state index in [4.69, 9.17) is 0 Å². The summed E-state index contributed by atoms with van der Waals surface area (Å²) in [5.41, 5.74) is -4.09. The Morgan fingerprint density at radius 3 is 2.21 bits per heavy atom. The van der Waals surface area contributed by atoms with Crippen LogP contribution in [-0.2, 0) is 10.8 Å². The van der Waals surface area contributed by atoms with Gasteiger partial charge in [-0.05, 0) is 11.6 Å². The van der Waals surface area contributed by atoms with Gasteiger partial charge in [-0.1, -0.05) is 30.3 Å². The number of hydrogen-bond donors (Lipinski definition) is 0. The lowest BCUT2D eigenvalue weighted by atomic mass is 10.2. The molecular formula is C9H7F3OS. The molecule has 0 spiro atoms. The van der Waals surface area contributed by atoms with Gasteiger partial charge in [0.05, 0.1) is 0 Å². The molecule has 76 valence electrons. The van der Waals surface area contributed by atoms with Gasteiger partial charge in [-0.3, -0.25) is 0 Å². The zero-order chi connectivity index (χ0) is 10.6. The van der Waals surface area contributed by atoms with E-state index in [2.05, 4.69) is 0 Å². The van der Waals surface area contributed by atoms with Crippen LogP contribution in [0.4, 0.5) is 13.2 Å². The van der Waals surface area contributed by atoms with Crippen molar-refractivity contribution < 1.29 is 17.4 Å². The average molecular weight is 220 g/mol. The SMILES string of the molecule is O=S(/C=C/c1ccccc1)C(F)(F)F. The summed E-state index contributed by atoms with van der Waals surface area (Å²) in [4.78, 5) is 0. The van der Waals surface area contributed by atoms with Gasteiger partial charge in [0, 0.05) is 5.41 Å². The van der Waals surface area contributed by atoms with E-state index in [1.54, 1.807) is 30.3 Å². The molecule has 5 heteroatoms. The first kappa shape index (κ1) is 11.0. The monoisotopic (exact) mass is 220 g/mol. The van der Waals surface area contributed by atoms with Crippen molar-refractivity contribution in [1.29, 1.82) is 0 Å². The highest BCUT2D eigenvalue weighted by atomic mass is 32.2. The van der Waals surface area contributed by atoms with Gasteiger partial charge in [0.2, 0.25) is 0 Å². The van der Waals surface area contributed by atoms with E-state index >= 15 is 0 Å². The van der Waals surface area contributed by atoms with Gasteiger partial charge in [-0.25, -0.2) is 4.21 Å². The van der Waals surface area contributed by atoms with Crippen molar-refractivity contribution in [1.82, 2.24) is 0 Å². The number of alkyl halides is 3. The lowest BCUT2D eigenvalue weighted by Crippen LogP contribution is -2.13. The Hall–Kier alpha value is -1.10. The first-order chi connectivity index (χ1) is 6.50. The minimum Gasteiger partial charge on any atom is -0.246 e. The highest BCUT2D eigenvalue weighted by Crippen LogP contribution is 2.21. The quantitative estimate of drug-likeness (QED) is 0.748. The van der Waals surface area contributed by atoms with E-state index in [1.807, 2.05) is 0 Å². The standard InChI is InChI=1S/C9H7F3OS/c10-9(11,12)14(13)7-6-8-4-2-1-3-5-8/h1-7H/b7-6+.